The van der Waals surface area contributed by atoms with Crippen LogP contribution in [0.15, 0.2) is 42.7 Å². The molecule has 12 heteroatoms. The van der Waals surface area contributed by atoms with Gasteiger partial charge in [-0.05, 0) is 64.3 Å². The summed E-state index contributed by atoms with van der Waals surface area (Å²) in [5, 5.41) is 48.2. The van der Waals surface area contributed by atoms with Crippen LogP contribution in [0, 0.1) is 0 Å². The van der Waals surface area contributed by atoms with E-state index in [0.29, 0.717) is 18.3 Å². The number of hydrogen-bond acceptors (Lipinski definition) is 9. The lowest BCUT2D eigenvalue weighted by atomic mass is 9.78. The molecule has 0 radical (unpaired) electrons. The number of hydrogen-bond donors (Lipinski definition) is 6. The smallest absolute Gasteiger partial charge is 0.336 e. The van der Waals surface area contributed by atoms with E-state index in [1.54, 1.807) is 13.2 Å². The lowest BCUT2D eigenvalue weighted by molar-refractivity contribution is -0.170. The fourth-order valence-electron chi connectivity index (χ4n) is 5.36. The van der Waals surface area contributed by atoms with Crippen molar-refractivity contribution >= 4 is 17.9 Å². The van der Waals surface area contributed by atoms with Crippen molar-refractivity contribution in [2.24, 2.45) is 0 Å². The van der Waals surface area contributed by atoms with E-state index in [1.165, 1.54) is 5.56 Å². The number of nitrogens with one attached hydrogen (secondary N) is 1. The molecule has 3 rings (SSSR count). The molecule has 41 heavy (non-hydrogen) atoms. The van der Waals surface area contributed by atoms with Gasteiger partial charge >= 0.3 is 17.9 Å². The van der Waals surface area contributed by atoms with E-state index in [0.717, 1.165) is 24.9 Å². The van der Waals surface area contributed by atoms with Gasteiger partial charge < -0.3 is 35.6 Å². The molecule has 2 aromatic rings. The minimum Gasteiger partial charge on any atom is -0.504 e. The molecule has 0 atom stereocenters. The standard InChI is InChI=1S/C23H33N3O2.C6H8O7/c1-22(2)13-19(14-23(3,4)25-22)26(15-17-9-11-24-12-10-17)16-18-7-6-8-20(28-5)21(18)27;7-3(8)1-6(13,5(11)12)2-4(9)10/h6-12,19,25,27H,13-16H2,1-5H3;13H,1-2H2,(H,7,8)(H,9,10)(H,11,12). The number of carboxylic acid groups (broad SMARTS) is 3. The second kappa shape index (κ2) is 13.7. The Morgan fingerprint density at radius 2 is 1.51 bits per heavy atom. The number of nitrogens with zero attached hydrogens (tertiary/aromatic N) is 2. The number of aliphatic hydroxyl groups is 1. The first-order chi connectivity index (χ1) is 19.0. The average molecular weight is 576 g/mol. The number of aromatic nitrogens is 1. The Labute approximate surface area is 239 Å². The SMILES string of the molecule is COc1cccc(CN(Cc2ccncc2)C2CC(C)(C)NC(C)(C)C2)c1O.O=C(O)CC(O)(CC(=O)O)C(=O)O. The number of pyridine rings is 1. The summed E-state index contributed by atoms with van der Waals surface area (Å²) >= 11 is 0. The Hall–Kier alpha value is -3.74. The van der Waals surface area contributed by atoms with Gasteiger partial charge in [0.15, 0.2) is 17.1 Å². The first kappa shape index (κ1) is 33.5. The lowest BCUT2D eigenvalue weighted by Crippen LogP contribution is -2.62. The number of phenols is 1. The third kappa shape index (κ3) is 10.3. The largest absolute Gasteiger partial charge is 0.504 e. The fraction of sp³-hybridized carbons (Fsp3) is 0.517. The minimum atomic E-state index is -2.74. The Morgan fingerprint density at radius 3 is 1.98 bits per heavy atom. The number of carboxylic acids is 3. The molecular weight excluding hydrogens is 534 g/mol. The van der Waals surface area contributed by atoms with Gasteiger partial charge in [0.25, 0.3) is 0 Å². The summed E-state index contributed by atoms with van der Waals surface area (Å²) in [5.41, 5.74) is -0.509. The zero-order valence-corrected chi connectivity index (χ0v) is 24.1. The summed E-state index contributed by atoms with van der Waals surface area (Å²) in [6, 6.07) is 10.2. The summed E-state index contributed by atoms with van der Waals surface area (Å²) in [6.07, 6.45) is 3.49. The van der Waals surface area contributed by atoms with E-state index in [9.17, 15) is 19.5 Å². The summed E-state index contributed by atoms with van der Waals surface area (Å²) in [5.74, 6) is -4.26. The number of carbonyl (C=O) groups is 3. The van der Waals surface area contributed by atoms with E-state index in [1.807, 2.05) is 24.5 Å². The van der Waals surface area contributed by atoms with Crippen molar-refractivity contribution in [3.63, 3.8) is 0 Å². The highest BCUT2D eigenvalue weighted by atomic mass is 16.5. The topological polar surface area (TPSA) is 190 Å². The van der Waals surface area contributed by atoms with Gasteiger partial charge in [0.05, 0.1) is 20.0 Å². The molecule has 2 heterocycles. The molecule has 1 saturated heterocycles. The first-order valence-corrected chi connectivity index (χ1v) is 13.1. The van der Waals surface area contributed by atoms with E-state index >= 15 is 0 Å². The Balaban J connectivity index is 0.000000383. The zero-order valence-electron chi connectivity index (χ0n) is 24.1. The van der Waals surface area contributed by atoms with Crippen molar-refractivity contribution in [1.82, 2.24) is 15.2 Å². The number of para-hydroxylation sites is 1. The van der Waals surface area contributed by atoms with Crippen LogP contribution < -0.4 is 10.1 Å². The Morgan fingerprint density at radius 1 is 0.976 bits per heavy atom. The number of methoxy groups -OCH3 is 1. The van der Waals surface area contributed by atoms with Crippen LogP contribution in [0.5, 0.6) is 11.5 Å². The van der Waals surface area contributed by atoms with Gasteiger partial charge in [-0.15, -0.1) is 0 Å². The molecule has 1 fully saturated rings. The fourth-order valence-corrected chi connectivity index (χ4v) is 5.36. The molecule has 0 aliphatic carbocycles. The Bertz CT molecular complexity index is 1170. The van der Waals surface area contributed by atoms with Crippen molar-refractivity contribution in [3.05, 3.63) is 53.9 Å². The maximum absolute atomic E-state index is 10.6. The van der Waals surface area contributed by atoms with E-state index in [-0.39, 0.29) is 16.8 Å². The normalized spacial score (nSPS) is 16.4. The molecule has 1 aliphatic rings. The van der Waals surface area contributed by atoms with Gasteiger partial charge in [0.2, 0.25) is 0 Å². The third-order valence-electron chi connectivity index (χ3n) is 6.78. The molecular formula is C29H41N3O9. The van der Waals surface area contributed by atoms with Gasteiger partial charge in [0.1, 0.15) is 0 Å². The van der Waals surface area contributed by atoms with Gasteiger partial charge in [-0.2, -0.15) is 0 Å². The number of piperidine rings is 1. The molecule has 12 nitrogen and oxygen atoms in total. The second-order valence-corrected chi connectivity index (χ2v) is 11.7. The minimum absolute atomic E-state index is 0.0549. The van der Waals surface area contributed by atoms with Gasteiger partial charge in [-0.3, -0.25) is 19.5 Å². The average Bonchev–Trinajstić information content (AvgIpc) is 2.83. The molecule has 0 bridgehead atoms. The molecule has 1 aromatic heterocycles. The van der Waals surface area contributed by atoms with Crippen LogP contribution in [0.3, 0.4) is 0 Å². The molecule has 6 N–H and O–H groups in total. The lowest BCUT2D eigenvalue weighted by Gasteiger charge is -2.49. The number of benzene rings is 1. The van der Waals surface area contributed by atoms with Crippen molar-refractivity contribution in [3.8, 4) is 11.5 Å². The van der Waals surface area contributed by atoms with E-state index in [2.05, 4.69) is 55.0 Å². The number of aromatic hydroxyl groups is 1. The molecule has 226 valence electrons. The number of rotatable bonds is 11. The number of aliphatic carboxylic acids is 3. The van der Waals surface area contributed by atoms with E-state index in [4.69, 9.17) is 25.2 Å². The maximum Gasteiger partial charge on any atom is 0.336 e. The van der Waals surface area contributed by atoms with Crippen molar-refractivity contribution in [2.75, 3.05) is 7.11 Å². The van der Waals surface area contributed by atoms with E-state index < -0.39 is 36.4 Å². The summed E-state index contributed by atoms with van der Waals surface area (Å²) < 4.78 is 5.31. The molecule has 0 spiro atoms. The predicted octanol–water partition coefficient (Wildman–Crippen LogP) is 2.86. The number of phenolic OH excluding ortho intramolecular Hbond substituents is 1. The summed E-state index contributed by atoms with van der Waals surface area (Å²) in [6.45, 7) is 10.6. The molecule has 1 aromatic carbocycles. The maximum atomic E-state index is 10.6. The highest BCUT2D eigenvalue weighted by molar-refractivity contribution is 5.88. The second-order valence-electron chi connectivity index (χ2n) is 11.7. The van der Waals surface area contributed by atoms with Crippen LogP contribution in [0.4, 0.5) is 0 Å². The van der Waals surface area contributed by atoms with Crippen LogP contribution in [0.1, 0.15) is 64.5 Å². The van der Waals surface area contributed by atoms with Crippen LogP contribution in [0.2, 0.25) is 0 Å². The van der Waals surface area contributed by atoms with Crippen LogP contribution in [0.25, 0.3) is 0 Å². The summed E-state index contributed by atoms with van der Waals surface area (Å²) in [7, 11) is 1.59. The van der Waals surface area contributed by atoms with Crippen molar-refractivity contribution in [1.29, 1.82) is 0 Å². The zero-order chi connectivity index (χ0) is 31.0. The summed E-state index contributed by atoms with van der Waals surface area (Å²) in [4.78, 5) is 37.1. The Kier molecular flexibility index (Phi) is 11.2. The highest BCUT2D eigenvalue weighted by Gasteiger charge is 2.41. The quantitative estimate of drug-likeness (QED) is 0.230. The molecule has 0 saturated carbocycles. The third-order valence-corrected chi connectivity index (χ3v) is 6.78. The highest BCUT2D eigenvalue weighted by Crippen LogP contribution is 2.35. The van der Waals surface area contributed by atoms with Gasteiger partial charge in [0, 0.05) is 48.2 Å². The monoisotopic (exact) mass is 575 g/mol. The van der Waals surface area contributed by atoms with Gasteiger partial charge in [-0.25, -0.2) is 4.79 Å². The van der Waals surface area contributed by atoms with Gasteiger partial charge in [-0.1, -0.05) is 12.1 Å². The molecule has 0 unspecified atom stereocenters. The molecule has 1 aliphatic heterocycles. The number of ether oxygens (including phenoxy) is 1. The first-order valence-electron chi connectivity index (χ1n) is 13.1. The predicted molar refractivity (Wildman–Crippen MR) is 150 cm³/mol. The van der Waals surface area contributed by atoms with Crippen LogP contribution in [-0.4, -0.2) is 83.2 Å². The van der Waals surface area contributed by atoms with Crippen LogP contribution in [-0.2, 0) is 27.5 Å². The van der Waals surface area contributed by atoms with Crippen LogP contribution >= 0.6 is 0 Å². The van der Waals surface area contributed by atoms with Crippen molar-refractivity contribution in [2.45, 2.75) is 89.2 Å². The molecule has 0 amide bonds. The van der Waals surface area contributed by atoms with Crippen molar-refractivity contribution < 1.29 is 44.7 Å².